The van der Waals surface area contributed by atoms with Gasteiger partial charge in [0.05, 0.1) is 42.8 Å². The minimum atomic E-state index is -4.92. The Labute approximate surface area is 185 Å². The molecule has 3 heterocycles. The molecule has 0 bridgehead atoms. The van der Waals surface area contributed by atoms with E-state index in [0.717, 1.165) is 11.5 Å². The zero-order valence-electron chi connectivity index (χ0n) is 16.9. The average molecular weight is 468 g/mol. The number of anilines is 1. The number of amides is 1. The van der Waals surface area contributed by atoms with Crippen LogP contribution in [0.2, 0.25) is 0 Å². The highest BCUT2D eigenvalue weighted by atomic mass is 32.1. The first-order valence-corrected chi connectivity index (χ1v) is 10.4. The van der Waals surface area contributed by atoms with Crippen LogP contribution in [0.3, 0.4) is 0 Å². The number of rotatable bonds is 6. The highest BCUT2D eigenvalue weighted by molar-refractivity contribution is 7.09. The summed E-state index contributed by atoms with van der Waals surface area (Å²) in [7, 11) is 0. The van der Waals surface area contributed by atoms with Gasteiger partial charge in [0.15, 0.2) is 5.82 Å². The Morgan fingerprint density at radius 1 is 1.28 bits per heavy atom. The maximum absolute atomic E-state index is 13.2. The lowest BCUT2D eigenvalue weighted by Gasteiger charge is -2.25. The van der Waals surface area contributed by atoms with Gasteiger partial charge in [0.25, 0.3) is 5.91 Å². The number of nitrogens with zero attached hydrogens (tertiary/aromatic N) is 3. The summed E-state index contributed by atoms with van der Waals surface area (Å²) in [4.78, 5) is 19.1. The Kier molecular flexibility index (Phi) is 6.44. The highest BCUT2D eigenvalue weighted by Gasteiger charge is 2.34. The number of benzene rings is 1. The minimum Gasteiger partial charge on any atom is -0.472 e. The van der Waals surface area contributed by atoms with Crippen molar-refractivity contribution in [1.29, 1.82) is 0 Å². The van der Waals surface area contributed by atoms with Crippen LogP contribution in [-0.4, -0.2) is 52.8 Å². The van der Waals surface area contributed by atoms with E-state index in [9.17, 15) is 18.0 Å². The molecule has 1 aliphatic heterocycles. The molecular formula is C20H19F3N4O4S. The molecule has 3 aromatic rings. The molecule has 4 rings (SSSR count). The first-order valence-electron chi connectivity index (χ1n) is 9.66. The molecule has 1 fully saturated rings. The summed E-state index contributed by atoms with van der Waals surface area (Å²) in [6.07, 6.45) is -2.36. The average Bonchev–Trinajstić information content (AvgIpc) is 3.43. The van der Waals surface area contributed by atoms with Crippen molar-refractivity contribution in [3.8, 4) is 16.3 Å². The summed E-state index contributed by atoms with van der Waals surface area (Å²) in [6.45, 7) is 4.56. The number of hydrogen-bond acceptors (Lipinski definition) is 8. The summed E-state index contributed by atoms with van der Waals surface area (Å²) in [6, 6.07) is 4.39. The molecular weight excluding hydrogens is 449 g/mol. The zero-order chi connectivity index (χ0) is 22.7. The van der Waals surface area contributed by atoms with E-state index in [-0.39, 0.29) is 27.4 Å². The van der Waals surface area contributed by atoms with Gasteiger partial charge in [0, 0.05) is 13.1 Å². The van der Waals surface area contributed by atoms with Gasteiger partial charge in [0.2, 0.25) is 0 Å². The largest absolute Gasteiger partial charge is 0.573 e. The van der Waals surface area contributed by atoms with E-state index >= 15 is 0 Å². The predicted molar refractivity (Wildman–Crippen MR) is 110 cm³/mol. The van der Waals surface area contributed by atoms with Gasteiger partial charge in [-0.1, -0.05) is 6.07 Å². The lowest BCUT2D eigenvalue weighted by atomic mass is 10.1. The second kappa shape index (κ2) is 9.27. The second-order valence-corrected chi connectivity index (χ2v) is 7.80. The van der Waals surface area contributed by atoms with E-state index in [4.69, 9.17) is 9.15 Å². The van der Waals surface area contributed by atoms with Gasteiger partial charge in [-0.05, 0) is 36.2 Å². The molecule has 1 aromatic carbocycles. The van der Waals surface area contributed by atoms with Gasteiger partial charge in [-0.15, -0.1) is 13.2 Å². The molecule has 8 nitrogen and oxygen atoms in total. The first kappa shape index (κ1) is 22.2. The number of nitrogens with one attached hydrogen (secondary N) is 1. The lowest BCUT2D eigenvalue weighted by molar-refractivity contribution is -0.274. The number of halogens is 3. The van der Waals surface area contributed by atoms with Crippen molar-refractivity contribution in [3.05, 3.63) is 47.7 Å². The van der Waals surface area contributed by atoms with Crippen LogP contribution in [0.5, 0.6) is 5.75 Å². The monoisotopic (exact) mass is 468 g/mol. The Hall–Kier alpha value is -2.96. The fourth-order valence-electron chi connectivity index (χ4n) is 3.22. The Balaban J connectivity index is 1.70. The van der Waals surface area contributed by atoms with Crippen LogP contribution >= 0.6 is 11.5 Å². The molecule has 1 aliphatic rings. The van der Waals surface area contributed by atoms with E-state index in [1.807, 2.05) is 0 Å². The van der Waals surface area contributed by atoms with Gasteiger partial charge in [-0.25, -0.2) is 4.98 Å². The predicted octanol–water partition coefficient (Wildman–Crippen LogP) is 4.09. The molecule has 0 atom stereocenters. The van der Waals surface area contributed by atoms with Crippen LogP contribution in [0.4, 0.5) is 18.9 Å². The van der Waals surface area contributed by atoms with Crippen molar-refractivity contribution in [2.75, 3.05) is 31.6 Å². The molecule has 1 saturated heterocycles. The molecule has 1 N–H and O–H groups in total. The summed E-state index contributed by atoms with van der Waals surface area (Å²) in [5.41, 5.74) is 0.601. The standard InChI is InChI=1S/C20H19F3N4O4S/c1-12-2-3-14(24-18(28)13-4-7-30-11-13)16(17(12)31-20(21,22)23)19-25-15(26-32-19)10-27-5-8-29-9-6-27/h2-4,7,11H,5-6,8-10H2,1H3,(H,24,28). The van der Waals surface area contributed by atoms with Crippen molar-refractivity contribution >= 4 is 23.1 Å². The number of aryl methyl sites for hydroxylation is 1. The molecule has 0 radical (unpaired) electrons. The van der Waals surface area contributed by atoms with Crippen molar-refractivity contribution in [2.45, 2.75) is 19.8 Å². The van der Waals surface area contributed by atoms with Crippen LogP contribution in [0.25, 0.3) is 10.6 Å². The van der Waals surface area contributed by atoms with Crippen molar-refractivity contribution < 1.29 is 31.9 Å². The van der Waals surface area contributed by atoms with Crippen molar-refractivity contribution in [1.82, 2.24) is 14.3 Å². The Bertz CT molecular complexity index is 1080. The Morgan fingerprint density at radius 2 is 2.06 bits per heavy atom. The van der Waals surface area contributed by atoms with Crippen LogP contribution < -0.4 is 10.1 Å². The van der Waals surface area contributed by atoms with E-state index in [0.29, 0.717) is 38.7 Å². The van der Waals surface area contributed by atoms with Crippen LogP contribution in [0.15, 0.2) is 35.1 Å². The van der Waals surface area contributed by atoms with Gasteiger partial charge in [-0.3, -0.25) is 9.69 Å². The summed E-state index contributed by atoms with van der Waals surface area (Å²) in [5.74, 6) is -0.505. The molecule has 170 valence electrons. The number of carbonyl (C=O) groups excluding carboxylic acids is 1. The van der Waals surface area contributed by atoms with Crippen LogP contribution in [0, 0.1) is 6.92 Å². The van der Waals surface area contributed by atoms with E-state index in [2.05, 4.69) is 24.3 Å². The molecule has 12 heteroatoms. The molecule has 0 spiro atoms. The topological polar surface area (TPSA) is 89.7 Å². The van der Waals surface area contributed by atoms with Crippen LogP contribution in [0.1, 0.15) is 21.7 Å². The van der Waals surface area contributed by atoms with Gasteiger partial charge in [0.1, 0.15) is 17.0 Å². The zero-order valence-corrected chi connectivity index (χ0v) is 17.8. The number of carbonyl (C=O) groups is 1. The minimum absolute atomic E-state index is 0.0184. The fraction of sp³-hybridized carbons (Fsp3) is 0.350. The number of hydrogen-bond donors (Lipinski definition) is 1. The third kappa shape index (κ3) is 5.26. The smallest absolute Gasteiger partial charge is 0.472 e. The SMILES string of the molecule is Cc1ccc(NC(=O)c2ccoc2)c(-c2nc(CN3CCOCC3)ns2)c1OC(F)(F)F. The lowest BCUT2D eigenvalue weighted by Crippen LogP contribution is -2.35. The number of alkyl halides is 3. The highest BCUT2D eigenvalue weighted by Crippen LogP contribution is 2.42. The molecule has 0 saturated carbocycles. The third-order valence-corrected chi connectivity index (χ3v) is 5.52. The summed E-state index contributed by atoms with van der Waals surface area (Å²) >= 11 is 0.943. The van der Waals surface area contributed by atoms with E-state index < -0.39 is 18.0 Å². The van der Waals surface area contributed by atoms with Gasteiger partial charge in [-0.2, -0.15) is 4.37 Å². The third-order valence-electron chi connectivity index (χ3n) is 4.75. The number of morpholine rings is 1. The number of furan rings is 1. The maximum atomic E-state index is 13.2. The first-order chi connectivity index (χ1) is 15.3. The molecule has 2 aromatic heterocycles. The maximum Gasteiger partial charge on any atom is 0.573 e. The number of aromatic nitrogens is 2. The molecule has 32 heavy (non-hydrogen) atoms. The fourth-order valence-corrected chi connectivity index (χ4v) is 3.95. The van der Waals surface area contributed by atoms with Gasteiger partial charge >= 0.3 is 6.36 Å². The molecule has 0 aliphatic carbocycles. The molecule has 0 unspecified atom stereocenters. The number of ether oxygens (including phenoxy) is 2. The van der Waals surface area contributed by atoms with Gasteiger partial charge < -0.3 is 19.2 Å². The van der Waals surface area contributed by atoms with E-state index in [1.165, 1.54) is 37.6 Å². The Morgan fingerprint density at radius 3 is 2.75 bits per heavy atom. The quantitative estimate of drug-likeness (QED) is 0.583. The van der Waals surface area contributed by atoms with Crippen LogP contribution in [-0.2, 0) is 11.3 Å². The normalized spacial score (nSPS) is 15.0. The van der Waals surface area contributed by atoms with Crippen molar-refractivity contribution in [3.63, 3.8) is 0 Å². The van der Waals surface area contributed by atoms with Crippen molar-refractivity contribution in [2.24, 2.45) is 0 Å². The molecule has 1 amide bonds. The second-order valence-electron chi connectivity index (χ2n) is 7.05. The summed E-state index contributed by atoms with van der Waals surface area (Å²) < 4.78 is 58.4. The summed E-state index contributed by atoms with van der Waals surface area (Å²) in [5, 5.41) is 2.83. The van der Waals surface area contributed by atoms with E-state index in [1.54, 1.807) is 0 Å².